The molecule has 0 fully saturated rings. The third-order valence-corrected chi connectivity index (χ3v) is 6.17. The van der Waals surface area contributed by atoms with Gasteiger partial charge in [-0.3, -0.25) is 0 Å². The van der Waals surface area contributed by atoms with Crippen LogP contribution in [0, 0.1) is 0 Å². The quantitative estimate of drug-likeness (QED) is 0.666. The summed E-state index contributed by atoms with van der Waals surface area (Å²) in [5.41, 5.74) is 0. The van der Waals surface area contributed by atoms with Crippen LogP contribution in [0.2, 0.25) is 4.63 Å². The Bertz CT molecular complexity index is 149. The van der Waals surface area contributed by atoms with Gasteiger partial charge in [0.25, 0.3) is 0 Å². The summed E-state index contributed by atoms with van der Waals surface area (Å²) in [4.78, 5) is 0. The fourth-order valence-electron chi connectivity index (χ4n) is 0.839. The van der Waals surface area contributed by atoms with E-state index in [0.717, 1.165) is 6.42 Å². The molecule has 0 amide bonds. The molecule has 1 rings (SSSR count). The summed E-state index contributed by atoms with van der Waals surface area (Å²) >= 11 is -1.45. The third kappa shape index (κ3) is 1.87. The third-order valence-electron chi connectivity index (χ3n) is 1.53. The van der Waals surface area contributed by atoms with Gasteiger partial charge in [-0.2, -0.15) is 0 Å². The Morgan fingerprint density at radius 3 is 2.89 bits per heavy atom. The monoisotopic (exact) mass is 201 g/mol. The molecule has 0 spiro atoms. The molecular formula is C7H11OZr. The van der Waals surface area contributed by atoms with Crippen LogP contribution in [-0.4, -0.2) is 7.11 Å². The zero-order valence-electron chi connectivity index (χ0n) is 5.85. The van der Waals surface area contributed by atoms with Crippen LogP contribution in [0.25, 0.3) is 0 Å². The number of rotatable bonds is 2. The summed E-state index contributed by atoms with van der Waals surface area (Å²) in [6.07, 6.45) is 7.67. The molecule has 0 aromatic carbocycles. The Labute approximate surface area is 64.7 Å². The molecule has 1 aliphatic rings. The van der Waals surface area contributed by atoms with E-state index < -0.39 is 22.2 Å². The second kappa shape index (κ2) is 3.48. The van der Waals surface area contributed by atoms with Crippen LogP contribution in [0.5, 0.6) is 0 Å². The van der Waals surface area contributed by atoms with Crippen LogP contribution in [-0.2, 0) is 25.0 Å². The van der Waals surface area contributed by atoms with Crippen molar-refractivity contribution in [2.45, 2.75) is 11.1 Å². The second-order valence-corrected chi connectivity index (χ2v) is 7.40. The van der Waals surface area contributed by atoms with Crippen molar-refractivity contribution in [1.29, 1.82) is 0 Å². The van der Waals surface area contributed by atoms with Gasteiger partial charge in [0.2, 0.25) is 0 Å². The van der Waals surface area contributed by atoms with Crippen molar-refractivity contribution in [2.24, 2.45) is 0 Å². The summed E-state index contributed by atoms with van der Waals surface area (Å²) in [5.74, 6) is 0. The van der Waals surface area contributed by atoms with E-state index >= 15 is 0 Å². The van der Waals surface area contributed by atoms with Crippen molar-refractivity contribution in [3.63, 3.8) is 0 Å². The van der Waals surface area contributed by atoms with E-state index in [1.54, 1.807) is 3.28 Å². The maximum absolute atomic E-state index is 5.32. The van der Waals surface area contributed by atoms with E-state index in [1.807, 2.05) is 7.11 Å². The SMILES string of the molecule is C[O][Zr]([CH3])[C]1=CC=CC1. The Balaban J connectivity index is 2.45. The van der Waals surface area contributed by atoms with Crippen molar-refractivity contribution >= 4 is 0 Å². The van der Waals surface area contributed by atoms with Crippen LogP contribution in [0.15, 0.2) is 21.5 Å². The average molecular weight is 202 g/mol. The van der Waals surface area contributed by atoms with Gasteiger partial charge in [0, 0.05) is 0 Å². The molecule has 0 radical (unpaired) electrons. The molecule has 1 nitrogen and oxygen atoms in total. The molecule has 0 heterocycles. The molecule has 0 aromatic heterocycles. The zero-order valence-corrected chi connectivity index (χ0v) is 8.31. The van der Waals surface area contributed by atoms with Gasteiger partial charge in [-0.25, -0.2) is 0 Å². The molecule has 0 saturated carbocycles. The van der Waals surface area contributed by atoms with Crippen molar-refractivity contribution in [3.05, 3.63) is 21.5 Å². The van der Waals surface area contributed by atoms with E-state index in [1.165, 1.54) is 0 Å². The van der Waals surface area contributed by atoms with E-state index in [9.17, 15) is 0 Å². The van der Waals surface area contributed by atoms with E-state index in [2.05, 4.69) is 22.9 Å². The van der Waals surface area contributed by atoms with Crippen LogP contribution in [0.1, 0.15) is 6.42 Å². The van der Waals surface area contributed by atoms with Gasteiger partial charge in [0.05, 0.1) is 0 Å². The Kier molecular flexibility index (Phi) is 2.87. The average Bonchev–Trinajstić information content (AvgIpc) is 2.37. The molecule has 49 valence electrons. The second-order valence-electron chi connectivity index (χ2n) is 2.08. The zero-order chi connectivity index (χ0) is 6.69. The summed E-state index contributed by atoms with van der Waals surface area (Å²) in [6.45, 7) is 0. The molecule has 1 aliphatic carbocycles. The number of allylic oxidation sites excluding steroid dienone is 4. The van der Waals surface area contributed by atoms with E-state index in [-0.39, 0.29) is 0 Å². The maximum atomic E-state index is 5.32. The van der Waals surface area contributed by atoms with Gasteiger partial charge >= 0.3 is 64.7 Å². The predicted octanol–water partition coefficient (Wildman–Crippen LogP) is 2.06. The first kappa shape index (κ1) is 7.43. The minimum atomic E-state index is -1.45. The van der Waals surface area contributed by atoms with Gasteiger partial charge in [-0.15, -0.1) is 0 Å². The topological polar surface area (TPSA) is 9.23 Å². The van der Waals surface area contributed by atoms with E-state index in [4.69, 9.17) is 2.81 Å². The summed E-state index contributed by atoms with van der Waals surface area (Å²) in [7, 11) is 1.83. The predicted molar refractivity (Wildman–Crippen MR) is 34.7 cm³/mol. The summed E-state index contributed by atoms with van der Waals surface area (Å²) in [6, 6.07) is 0. The van der Waals surface area contributed by atoms with Crippen molar-refractivity contribution < 1.29 is 25.0 Å². The Morgan fingerprint density at radius 2 is 2.44 bits per heavy atom. The van der Waals surface area contributed by atoms with Gasteiger partial charge in [-0.05, 0) is 0 Å². The molecule has 0 aromatic rings. The molecule has 0 atom stereocenters. The summed E-state index contributed by atoms with van der Waals surface area (Å²) in [5, 5.41) is 0. The first-order valence-corrected chi connectivity index (χ1v) is 7.77. The van der Waals surface area contributed by atoms with Crippen molar-refractivity contribution in [2.75, 3.05) is 7.11 Å². The number of hydrogen-bond donors (Lipinski definition) is 0. The molecular weight excluding hydrogens is 191 g/mol. The number of hydrogen-bond acceptors (Lipinski definition) is 1. The first-order valence-electron chi connectivity index (χ1n) is 3.08. The Morgan fingerprint density at radius 1 is 1.67 bits per heavy atom. The van der Waals surface area contributed by atoms with Crippen LogP contribution in [0.3, 0.4) is 0 Å². The van der Waals surface area contributed by atoms with Gasteiger partial charge < -0.3 is 0 Å². The molecule has 0 unspecified atom stereocenters. The molecule has 0 aliphatic heterocycles. The minimum absolute atomic E-state index is 1.15. The van der Waals surface area contributed by atoms with Gasteiger partial charge in [0.1, 0.15) is 0 Å². The fourth-order valence-corrected chi connectivity index (χ4v) is 3.29. The Hall–Kier alpha value is 0.323. The fraction of sp³-hybridized carbons (Fsp3) is 0.429. The normalized spacial score (nSPS) is 16.0. The molecule has 0 N–H and O–H groups in total. The van der Waals surface area contributed by atoms with E-state index in [0.29, 0.717) is 0 Å². The van der Waals surface area contributed by atoms with Crippen LogP contribution >= 0.6 is 0 Å². The van der Waals surface area contributed by atoms with Gasteiger partial charge in [-0.1, -0.05) is 0 Å². The van der Waals surface area contributed by atoms with Crippen molar-refractivity contribution in [1.82, 2.24) is 0 Å². The molecule has 0 saturated heterocycles. The van der Waals surface area contributed by atoms with Crippen LogP contribution in [0.4, 0.5) is 0 Å². The molecule has 2 heteroatoms. The summed E-state index contributed by atoms with van der Waals surface area (Å²) < 4.78 is 9.16. The molecule has 0 bridgehead atoms. The molecule has 9 heavy (non-hydrogen) atoms. The van der Waals surface area contributed by atoms with Gasteiger partial charge in [0.15, 0.2) is 0 Å². The first-order chi connectivity index (χ1) is 4.34. The standard InChI is InChI=1S/C5H5.CH3O.CH3.Zr/c1-2-4-5-3-1;1-2;;/h1-3H,4H2;1H3;1H3;/q;-1;;+1. The van der Waals surface area contributed by atoms with Crippen molar-refractivity contribution in [3.8, 4) is 0 Å². The van der Waals surface area contributed by atoms with Crippen LogP contribution < -0.4 is 0 Å².